The van der Waals surface area contributed by atoms with Gasteiger partial charge < -0.3 is 9.84 Å². The van der Waals surface area contributed by atoms with Gasteiger partial charge in [0.25, 0.3) is 0 Å². The van der Waals surface area contributed by atoms with Crippen molar-refractivity contribution in [2.24, 2.45) is 11.8 Å². The van der Waals surface area contributed by atoms with Gasteiger partial charge in [-0.2, -0.15) is 4.39 Å². The van der Waals surface area contributed by atoms with Gasteiger partial charge in [-0.3, -0.25) is 0 Å². The summed E-state index contributed by atoms with van der Waals surface area (Å²) in [5, 5.41) is 9.34. The lowest BCUT2D eigenvalue weighted by Crippen LogP contribution is -2.06. The van der Waals surface area contributed by atoms with E-state index < -0.39 is 41.1 Å². The van der Waals surface area contributed by atoms with E-state index in [0.717, 1.165) is 0 Å². The molecule has 1 N–H and O–H groups in total. The Morgan fingerprint density at radius 3 is 1.81 bits per heavy atom. The van der Waals surface area contributed by atoms with Gasteiger partial charge in [-0.05, 0) is 61.7 Å². The summed E-state index contributed by atoms with van der Waals surface area (Å²) in [4.78, 5) is 0. The molecular weight excluding hydrogens is 408 g/mol. The molecule has 0 saturated heterocycles. The second kappa shape index (κ2) is 13.2. The second-order valence-electron chi connectivity index (χ2n) is 7.76. The number of rotatable bonds is 13. The van der Waals surface area contributed by atoms with E-state index in [1.165, 1.54) is 7.11 Å². The average molecular weight is 443 g/mol. The SMILES string of the molecule is C=C(OC)/C(F)=C(/F)C(=C)C(C)C/C=C(\C)C(=C)/C(F)=C(/F)C(=C)C(C)CCC(C)O. The van der Waals surface area contributed by atoms with Crippen molar-refractivity contribution >= 4 is 0 Å². The van der Waals surface area contributed by atoms with Crippen LogP contribution in [0.15, 0.2) is 83.8 Å². The van der Waals surface area contributed by atoms with Gasteiger partial charge in [0.15, 0.2) is 23.3 Å². The van der Waals surface area contributed by atoms with Crippen LogP contribution in [0.3, 0.4) is 0 Å². The first-order valence-corrected chi connectivity index (χ1v) is 10.0. The highest BCUT2D eigenvalue weighted by atomic mass is 19.2. The monoisotopic (exact) mass is 442 g/mol. The summed E-state index contributed by atoms with van der Waals surface area (Å²) in [7, 11) is 1.17. The van der Waals surface area contributed by atoms with Crippen LogP contribution in [0.2, 0.25) is 0 Å². The smallest absolute Gasteiger partial charge is 0.200 e. The average Bonchev–Trinajstić information content (AvgIpc) is 2.76. The molecule has 0 heterocycles. The largest absolute Gasteiger partial charge is 0.494 e. The van der Waals surface area contributed by atoms with Crippen molar-refractivity contribution < 1.29 is 27.4 Å². The minimum atomic E-state index is -1.23. The van der Waals surface area contributed by atoms with Crippen LogP contribution in [0.25, 0.3) is 0 Å². The molecule has 0 aromatic rings. The Labute approximate surface area is 183 Å². The minimum absolute atomic E-state index is 0.00472. The summed E-state index contributed by atoms with van der Waals surface area (Å²) in [6, 6.07) is 0. The van der Waals surface area contributed by atoms with Crippen LogP contribution in [-0.4, -0.2) is 18.3 Å². The van der Waals surface area contributed by atoms with Crippen molar-refractivity contribution in [2.45, 2.75) is 53.1 Å². The van der Waals surface area contributed by atoms with Gasteiger partial charge in [0, 0.05) is 5.57 Å². The Hall–Kier alpha value is -2.34. The van der Waals surface area contributed by atoms with Crippen molar-refractivity contribution in [1.82, 2.24) is 0 Å². The summed E-state index contributed by atoms with van der Waals surface area (Å²) in [6.45, 7) is 20.5. The van der Waals surface area contributed by atoms with Crippen LogP contribution in [-0.2, 0) is 4.74 Å². The minimum Gasteiger partial charge on any atom is -0.494 e. The first-order valence-electron chi connectivity index (χ1n) is 10.0. The molecule has 0 aromatic carbocycles. The maximum absolute atomic E-state index is 14.6. The number of allylic oxidation sites excluding steroid dienone is 9. The third kappa shape index (κ3) is 8.74. The topological polar surface area (TPSA) is 29.5 Å². The van der Waals surface area contributed by atoms with Crippen molar-refractivity contribution in [2.75, 3.05) is 7.11 Å². The first kappa shape index (κ1) is 28.7. The lowest BCUT2D eigenvalue weighted by atomic mass is 9.92. The lowest BCUT2D eigenvalue weighted by molar-refractivity contribution is 0.177. The van der Waals surface area contributed by atoms with E-state index >= 15 is 0 Å². The maximum Gasteiger partial charge on any atom is 0.200 e. The van der Waals surface area contributed by atoms with Crippen LogP contribution < -0.4 is 0 Å². The van der Waals surface area contributed by atoms with Gasteiger partial charge in [0.05, 0.1) is 13.2 Å². The van der Waals surface area contributed by atoms with E-state index in [1.807, 2.05) is 0 Å². The number of ether oxygens (including phenoxy) is 1. The standard InChI is InChI=1S/C25H34F4O2/c1-14(10-11-15(2)20(7)24(28)25(29)21(8)31-9)18(5)22(26)23(27)19(6)16(3)12-13-17(4)30/h10,15-17,30H,5-8,11-13H2,1-4,9H3/b14-10+,23-22-,25-24-. The molecular formula is C25H34F4O2. The fraction of sp³-hybridized carbons (Fsp3) is 0.440. The van der Waals surface area contributed by atoms with E-state index in [4.69, 9.17) is 0 Å². The molecule has 3 unspecified atom stereocenters. The molecule has 31 heavy (non-hydrogen) atoms. The molecule has 0 aromatic heterocycles. The van der Waals surface area contributed by atoms with Crippen molar-refractivity contribution in [1.29, 1.82) is 0 Å². The van der Waals surface area contributed by atoms with Gasteiger partial charge in [-0.1, -0.05) is 46.2 Å². The lowest BCUT2D eigenvalue weighted by Gasteiger charge is -2.16. The van der Waals surface area contributed by atoms with Gasteiger partial charge in [-0.25, -0.2) is 13.2 Å². The maximum atomic E-state index is 14.6. The van der Waals surface area contributed by atoms with Crippen molar-refractivity contribution in [3.63, 3.8) is 0 Å². The first-order chi connectivity index (χ1) is 14.3. The summed E-state index contributed by atoms with van der Waals surface area (Å²) < 4.78 is 61.7. The predicted molar refractivity (Wildman–Crippen MR) is 120 cm³/mol. The Morgan fingerprint density at radius 1 is 0.839 bits per heavy atom. The van der Waals surface area contributed by atoms with Crippen LogP contribution in [0, 0.1) is 11.8 Å². The molecule has 0 aliphatic carbocycles. The molecule has 0 aliphatic heterocycles. The highest BCUT2D eigenvalue weighted by molar-refractivity contribution is 5.45. The molecule has 174 valence electrons. The quantitative estimate of drug-likeness (QED) is 0.179. The van der Waals surface area contributed by atoms with Crippen molar-refractivity contribution in [3.8, 4) is 0 Å². The number of halogens is 4. The summed E-state index contributed by atoms with van der Waals surface area (Å²) >= 11 is 0. The zero-order valence-electron chi connectivity index (χ0n) is 19.1. The van der Waals surface area contributed by atoms with E-state index in [0.29, 0.717) is 18.4 Å². The molecule has 0 bridgehead atoms. The number of hydrogen-bond acceptors (Lipinski definition) is 2. The number of methoxy groups -OCH3 is 1. The fourth-order valence-electron chi connectivity index (χ4n) is 2.52. The molecule has 0 fully saturated rings. The van der Waals surface area contributed by atoms with Crippen LogP contribution in [0.1, 0.15) is 47.0 Å². The number of aliphatic hydroxyl groups is 1. The zero-order valence-corrected chi connectivity index (χ0v) is 19.1. The van der Waals surface area contributed by atoms with Gasteiger partial charge in [-0.15, -0.1) is 0 Å². The van der Waals surface area contributed by atoms with E-state index in [-0.39, 0.29) is 29.1 Å². The van der Waals surface area contributed by atoms with Crippen LogP contribution in [0.5, 0.6) is 0 Å². The molecule has 2 nitrogen and oxygen atoms in total. The van der Waals surface area contributed by atoms with Gasteiger partial charge >= 0.3 is 0 Å². The second-order valence-corrected chi connectivity index (χ2v) is 7.76. The number of hydrogen-bond donors (Lipinski definition) is 1. The molecule has 0 radical (unpaired) electrons. The molecule has 0 saturated carbocycles. The third-order valence-corrected chi connectivity index (χ3v) is 5.17. The summed E-state index contributed by atoms with van der Waals surface area (Å²) in [5.74, 6) is -5.92. The van der Waals surface area contributed by atoms with E-state index in [9.17, 15) is 22.7 Å². The highest BCUT2D eigenvalue weighted by Crippen LogP contribution is 2.33. The molecule has 0 aliphatic rings. The third-order valence-electron chi connectivity index (χ3n) is 5.17. The predicted octanol–water partition coefficient (Wildman–Crippen LogP) is 7.89. The summed E-state index contributed by atoms with van der Waals surface area (Å²) in [6.07, 6.45) is 2.12. The Bertz CT molecular complexity index is 800. The fourth-order valence-corrected chi connectivity index (χ4v) is 2.52. The molecule has 0 amide bonds. The molecule has 6 heteroatoms. The van der Waals surface area contributed by atoms with E-state index in [2.05, 4.69) is 31.1 Å². The normalized spacial score (nSPS) is 16.5. The van der Waals surface area contributed by atoms with E-state index in [1.54, 1.807) is 33.8 Å². The van der Waals surface area contributed by atoms with Crippen LogP contribution >= 0.6 is 0 Å². The van der Waals surface area contributed by atoms with Crippen LogP contribution in [0.4, 0.5) is 17.6 Å². The zero-order chi connectivity index (χ0) is 24.5. The van der Waals surface area contributed by atoms with Gasteiger partial charge in [0.2, 0.25) is 0 Å². The Morgan fingerprint density at radius 2 is 1.32 bits per heavy atom. The van der Waals surface area contributed by atoms with Gasteiger partial charge in [0.1, 0.15) is 5.76 Å². The Kier molecular flexibility index (Phi) is 12.2. The molecule has 3 atom stereocenters. The number of aliphatic hydroxyl groups excluding tert-OH is 1. The molecule has 0 spiro atoms. The molecule has 0 rings (SSSR count). The van der Waals surface area contributed by atoms with Crippen molar-refractivity contribution in [3.05, 3.63) is 83.8 Å². The summed E-state index contributed by atoms with van der Waals surface area (Å²) in [5.41, 5.74) is 0.0832. The highest BCUT2D eigenvalue weighted by Gasteiger charge is 2.20. The Balaban J connectivity index is 5.32.